The number of para-hydroxylation sites is 1. The molecule has 1 saturated carbocycles. The number of anilines is 2. The Morgan fingerprint density at radius 3 is 2.24 bits per heavy atom. The van der Waals surface area contributed by atoms with Gasteiger partial charge in [0.25, 0.3) is 0 Å². The Kier molecular flexibility index (Phi) is 12.7. The van der Waals surface area contributed by atoms with Gasteiger partial charge in [-0.1, -0.05) is 56.3 Å². The molecule has 7 nitrogen and oxygen atoms in total. The van der Waals surface area contributed by atoms with Crippen LogP contribution >= 0.6 is 0 Å². The summed E-state index contributed by atoms with van der Waals surface area (Å²) >= 11 is 0. The summed E-state index contributed by atoms with van der Waals surface area (Å²) in [5, 5.41) is 12.5. The fourth-order valence-corrected chi connectivity index (χ4v) is 6.10. The molecule has 224 valence electrons. The second kappa shape index (κ2) is 16.6. The van der Waals surface area contributed by atoms with Crippen molar-refractivity contribution in [1.29, 1.82) is 0 Å². The number of hydrogen-bond acceptors (Lipinski definition) is 7. The van der Waals surface area contributed by atoms with E-state index in [1.165, 1.54) is 57.2 Å². The summed E-state index contributed by atoms with van der Waals surface area (Å²) in [5.41, 5.74) is 2.36. The monoisotopic (exact) mass is 559 g/mol. The molecule has 0 amide bonds. The standard InChI is InChI=1S/C34H53N7/c1-5-23-41(24-6-2)26-30(36-25-27-13-8-7-9-14-27)15-12-22-35-28-18-20-29(21-19-28)37-34-38-32-17-11-10-16-31(32)33(39-34)40(3)4/h7-11,13-14,16-17,28-30,35-36H,5-6,12,15,18-26H2,1-4H3,(H,37,38,39)/t28-,29+,30?. The van der Waals surface area contributed by atoms with Crippen molar-refractivity contribution >= 4 is 22.7 Å². The molecule has 1 aliphatic carbocycles. The van der Waals surface area contributed by atoms with Gasteiger partial charge < -0.3 is 25.8 Å². The summed E-state index contributed by atoms with van der Waals surface area (Å²) in [6, 6.07) is 20.6. The first-order valence-corrected chi connectivity index (χ1v) is 16.0. The normalized spacial score (nSPS) is 18.1. The number of fused-ring (bicyclic) bond motifs is 1. The Hall–Kier alpha value is -2.74. The van der Waals surface area contributed by atoms with Crippen molar-refractivity contribution in [3.8, 4) is 0 Å². The van der Waals surface area contributed by atoms with Gasteiger partial charge in [-0.3, -0.25) is 0 Å². The number of aromatic nitrogens is 2. The summed E-state index contributed by atoms with van der Waals surface area (Å²) in [7, 11) is 4.09. The number of rotatable bonds is 17. The van der Waals surface area contributed by atoms with Crippen LogP contribution in [-0.4, -0.2) is 73.3 Å². The van der Waals surface area contributed by atoms with Gasteiger partial charge >= 0.3 is 0 Å². The molecule has 4 rings (SSSR count). The molecule has 0 aliphatic heterocycles. The van der Waals surface area contributed by atoms with Crippen molar-refractivity contribution in [2.24, 2.45) is 0 Å². The van der Waals surface area contributed by atoms with E-state index >= 15 is 0 Å². The largest absolute Gasteiger partial charge is 0.362 e. The maximum Gasteiger partial charge on any atom is 0.225 e. The SMILES string of the molecule is CCCN(CCC)CC(CCCN[C@H]1CC[C@@H](Nc2nc(N(C)C)c3ccccc3n2)CC1)NCc1ccccc1. The Morgan fingerprint density at radius 1 is 0.854 bits per heavy atom. The number of nitrogens with one attached hydrogen (secondary N) is 3. The highest BCUT2D eigenvalue weighted by molar-refractivity contribution is 5.90. The highest BCUT2D eigenvalue weighted by Crippen LogP contribution is 2.26. The fraction of sp³-hybridized carbons (Fsp3) is 0.588. The zero-order chi connectivity index (χ0) is 28.9. The van der Waals surface area contributed by atoms with Crippen molar-refractivity contribution in [2.45, 2.75) is 89.9 Å². The molecule has 1 atom stereocenters. The van der Waals surface area contributed by atoms with Crippen LogP contribution in [0.5, 0.6) is 0 Å². The van der Waals surface area contributed by atoms with Crippen LogP contribution in [0, 0.1) is 0 Å². The Balaban J connectivity index is 1.21. The van der Waals surface area contributed by atoms with E-state index in [0.29, 0.717) is 18.1 Å². The van der Waals surface area contributed by atoms with Crippen molar-refractivity contribution < 1.29 is 0 Å². The van der Waals surface area contributed by atoms with Crippen LogP contribution in [0.2, 0.25) is 0 Å². The molecule has 0 radical (unpaired) electrons. The van der Waals surface area contributed by atoms with Gasteiger partial charge in [-0.2, -0.15) is 4.98 Å². The minimum absolute atomic E-state index is 0.430. The minimum Gasteiger partial charge on any atom is -0.362 e. The van der Waals surface area contributed by atoms with Gasteiger partial charge in [-0.25, -0.2) is 4.98 Å². The van der Waals surface area contributed by atoms with E-state index < -0.39 is 0 Å². The molecular formula is C34H53N7. The third-order valence-electron chi connectivity index (χ3n) is 8.23. The summed E-state index contributed by atoms with van der Waals surface area (Å²) in [4.78, 5) is 14.4. The van der Waals surface area contributed by atoms with Crippen molar-refractivity contribution in [1.82, 2.24) is 25.5 Å². The lowest BCUT2D eigenvalue weighted by Crippen LogP contribution is -2.42. The Labute approximate surface area is 248 Å². The summed E-state index contributed by atoms with van der Waals surface area (Å²) < 4.78 is 0. The average molecular weight is 560 g/mol. The first kappa shape index (κ1) is 31.2. The molecule has 1 aliphatic rings. The van der Waals surface area contributed by atoms with E-state index in [1.54, 1.807) is 0 Å². The molecule has 0 spiro atoms. The fourth-order valence-electron chi connectivity index (χ4n) is 6.10. The van der Waals surface area contributed by atoms with Crippen LogP contribution in [0.15, 0.2) is 54.6 Å². The lowest BCUT2D eigenvalue weighted by molar-refractivity contribution is 0.233. The molecule has 1 heterocycles. The van der Waals surface area contributed by atoms with Crippen molar-refractivity contribution in [3.63, 3.8) is 0 Å². The molecule has 41 heavy (non-hydrogen) atoms. The van der Waals surface area contributed by atoms with Crippen molar-refractivity contribution in [3.05, 3.63) is 60.2 Å². The lowest BCUT2D eigenvalue weighted by Gasteiger charge is -2.31. The Bertz CT molecular complexity index is 1140. The molecule has 0 saturated heterocycles. The average Bonchev–Trinajstić information content (AvgIpc) is 2.99. The van der Waals surface area contributed by atoms with Crippen LogP contribution in [0.1, 0.15) is 70.8 Å². The van der Waals surface area contributed by atoms with Gasteiger partial charge in [0.1, 0.15) is 5.82 Å². The quantitative estimate of drug-likeness (QED) is 0.174. The molecule has 0 bridgehead atoms. The summed E-state index contributed by atoms with van der Waals surface area (Å²) in [6.07, 6.45) is 9.53. The van der Waals surface area contributed by atoms with Gasteiger partial charge in [0.15, 0.2) is 0 Å². The lowest BCUT2D eigenvalue weighted by atomic mass is 9.91. The van der Waals surface area contributed by atoms with Crippen LogP contribution in [0.3, 0.4) is 0 Å². The van der Waals surface area contributed by atoms with E-state index in [2.05, 4.69) is 88.1 Å². The number of hydrogen-bond donors (Lipinski definition) is 3. The number of nitrogens with zero attached hydrogens (tertiary/aromatic N) is 4. The topological polar surface area (TPSA) is 68.3 Å². The van der Waals surface area contributed by atoms with Gasteiger partial charge in [0, 0.05) is 50.7 Å². The molecule has 3 N–H and O–H groups in total. The zero-order valence-electron chi connectivity index (χ0n) is 25.9. The smallest absolute Gasteiger partial charge is 0.225 e. The van der Waals surface area contributed by atoms with Gasteiger partial charge in [-0.15, -0.1) is 0 Å². The molecule has 3 aromatic rings. The molecule has 1 unspecified atom stereocenters. The number of benzene rings is 2. The summed E-state index contributed by atoms with van der Waals surface area (Å²) in [6.45, 7) is 10.1. The van der Waals surface area contributed by atoms with Crippen LogP contribution < -0.4 is 20.9 Å². The highest BCUT2D eigenvalue weighted by atomic mass is 15.2. The van der Waals surface area contributed by atoms with E-state index in [0.717, 1.165) is 55.1 Å². The zero-order valence-corrected chi connectivity index (χ0v) is 25.9. The van der Waals surface area contributed by atoms with E-state index in [-0.39, 0.29) is 0 Å². The first-order valence-electron chi connectivity index (χ1n) is 16.0. The second-order valence-corrected chi connectivity index (χ2v) is 11.9. The summed E-state index contributed by atoms with van der Waals surface area (Å²) in [5.74, 6) is 1.72. The molecule has 1 fully saturated rings. The minimum atomic E-state index is 0.430. The highest BCUT2D eigenvalue weighted by Gasteiger charge is 2.22. The first-order chi connectivity index (χ1) is 20.1. The second-order valence-electron chi connectivity index (χ2n) is 11.9. The van der Waals surface area contributed by atoms with Gasteiger partial charge in [-0.05, 0) is 88.7 Å². The van der Waals surface area contributed by atoms with Crippen molar-refractivity contribution in [2.75, 3.05) is 50.5 Å². The van der Waals surface area contributed by atoms with Crippen LogP contribution in [0.4, 0.5) is 11.8 Å². The predicted octanol–water partition coefficient (Wildman–Crippen LogP) is 6.07. The van der Waals surface area contributed by atoms with E-state index in [4.69, 9.17) is 9.97 Å². The van der Waals surface area contributed by atoms with E-state index in [9.17, 15) is 0 Å². The molecule has 2 aromatic carbocycles. The molecular weight excluding hydrogens is 506 g/mol. The third-order valence-corrected chi connectivity index (χ3v) is 8.23. The van der Waals surface area contributed by atoms with Crippen LogP contribution in [-0.2, 0) is 6.54 Å². The maximum atomic E-state index is 4.85. The molecule has 1 aromatic heterocycles. The van der Waals surface area contributed by atoms with E-state index in [1.807, 2.05) is 20.2 Å². The van der Waals surface area contributed by atoms with Gasteiger partial charge in [0.05, 0.1) is 5.52 Å². The van der Waals surface area contributed by atoms with Crippen LogP contribution in [0.25, 0.3) is 10.9 Å². The van der Waals surface area contributed by atoms with Gasteiger partial charge in [0.2, 0.25) is 5.95 Å². The molecule has 7 heteroatoms. The maximum absolute atomic E-state index is 4.85. The predicted molar refractivity (Wildman–Crippen MR) is 175 cm³/mol. The Morgan fingerprint density at radius 2 is 1.54 bits per heavy atom. The third kappa shape index (κ3) is 9.94.